The molecule has 1 aromatic rings. The predicted octanol–water partition coefficient (Wildman–Crippen LogP) is 2.99. The van der Waals surface area contributed by atoms with E-state index < -0.39 is 0 Å². The Morgan fingerprint density at radius 1 is 1.59 bits per heavy atom. The highest BCUT2D eigenvalue weighted by Crippen LogP contribution is 2.25. The number of carbonyl (C=O) groups excluding carboxylic acids is 1. The quantitative estimate of drug-likeness (QED) is 0.819. The van der Waals surface area contributed by atoms with E-state index in [4.69, 9.17) is 16.7 Å². The van der Waals surface area contributed by atoms with Crippen LogP contribution in [-0.4, -0.2) is 23.7 Å². The second-order valence-electron chi connectivity index (χ2n) is 3.85. The topological polar surface area (TPSA) is 49.3 Å². The number of rotatable bonds is 5. The number of nitrogens with one attached hydrogen (secondary N) is 1. The Bertz CT molecular complexity index is 396. The fourth-order valence-electron chi connectivity index (χ4n) is 1.37. The van der Waals surface area contributed by atoms with Crippen LogP contribution in [0.1, 0.15) is 30.1 Å². The Balaban J connectivity index is 2.50. The summed E-state index contributed by atoms with van der Waals surface area (Å²) in [4.78, 5) is 11.8. The molecule has 1 amide bonds. The molecule has 0 aliphatic heterocycles. The molecule has 0 aliphatic carbocycles. The molecule has 0 spiro atoms. The Morgan fingerprint density at radius 2 is 2.29 bits per heavy atom. The second-order valence-corrected chi connectivity index (χ2v) is 5.08. The van der Waals surface area contributed by atoms with E-state index in [1.54, 1.807) is 25.1 Å². The maximum absolute atomic E-state index is 11.8. The summed E-state index contributed by atoms with van der Waals surface area (Å²) in [5.41, 5.74) is 0.457. The van der Waals surface area contributed by atoms with Gasteiger partial charge in [0.2, 0.25) is 0 Å². The van der Waals surface area contributed by atoms with Gasteiger partial charge in [0.25, 0.3) is 5.91 Å². The van der Waals surface area contributed by atoms with E-state index in [-0.39, 0.29) is 12.0 Å². The zero-order valence-electron chi connectivity index (χ0n) is 9.54. The molecular formula is C12H15BrClNO2. The number of hydrogen-bond donors (Lipinski definition) is 2. The molecule has 0 bridgehead atoms. The number of amides is 1. The van der Waals surface area contributed by atoms with Gasteiger partial charge in [0.05, 0.1) is 16.7 Å². The normalized spacial score (nSPS) is 12.2. The van der Waals surface area contributed by atoms with Gasteiger partial charge in [0, 0.05) is 11.0 Å². The molecule has 1 unspecified atom stereocenters. The molecule has 0 radical (unpaired) electrons. The van der Waals surface area contributed by atoms with Crippen LogP contribution in [0.5, 0.6) is 0 Å². The van der Waals surface area contributed by atoms with Crippen molar-refractivity contribution < 1.29 is 9.90 Å². The van der Waals surface area contributed by atoms with E-state index >= 15 is 0 Å². The lowest BCUT2D eigenvalue weighted by atomic mass is 10.2. The summed E-state index contributed by atoms with van der Waals surface area (Å²) in [6.07, 6.45) is 1.09. The monoisotopic (exact) mass is 319 g/mol. The van der Waals surface area contributed by atoms with Crippen LogP contribution in [0, 0.1) is 0 Å². The van der Waals surface area contributed by atoms with E-state index in [0.717, 1.165) is 6.42 Å². The smallest absolute Gasteiger partial charge is 0.252 e. The first-order valence-electron chi connectivity index (χ1n) is 5.42. The van der Waals surface area contributed by atoms with Crippen molar-refractivity contribution in [1.82, 2.24) is 5.32 Å². The third kappa shape index (κ3) is 4.66. The number of halogens is 2. The van der Waals surface area contributed by atoms with E-state index in [9.17, 15) is 4.79 Å². The zero-order chi connectivity index (χ0) is 12.8. The standard InChI is InChI=1S/C12H15BrClNO2/c1-8(16)4-3-7-15-12(17)9-5-2-6-10(13)11(9)14/h2,5-6,8,16H,3-4,7H2,1H3,(H,15,17). The molecule has 0 fully saturated rings. The van der Waals surface area contributed by atoms with Gasteiger partial charge in [-0.1, -0.05) is 17.7 Å². The zero-order valence-corrected chi connectivity index (χ0v) is 11.9. The van der Waals surface area contributed by atoms with Crippen LogP contribution >= 0.6 is 27.5 Å². The molecule has 0 saturated carbocycles. The highest BCUT2D eigenvalue weighted by atomic mass is 79.9. The van der Waals surface area contributed by atoms with Gasteiger partial charge in [-0.15, -0.1) is 0 Å². The first-order chi connectivity index (χ1) is 8.02. The average Bonchev–Trinajstić information content (AvgIpc) is 2.27. The lowest BCUT2D eigenvalue weighted by Gasteiger charge is -2.08. The summed E-state index contributed by atoms with van der Waals surface area (Å²) in [5.74, 6) is -0.193. The van der Waals surface area contributed by atoms with Gasteiger partial charge in [0.15, 0.2) is 0 Å². The number of aliphatic hydroxyl groups excluding tert-OH is 1. The first kappa shape index (κ1) is 14.5. The maximum atomic E-state index is 11.8. The van der Waals surface area contributed by atoms with Crippen molar-refractivity contribution in [3.8, 4) is 0 Å². The molecule has 94 valence electrons. The lowest BCUT2D eigenvalue weighted by Crippen LogP contribution is -2.25. The van der Waals surface area contributed by atoms with E-state index in [1.165, 1.54) is 0 Å². The number of aliphatic hydroxyl groups is 1. The van der Waals surface area contributed by atoms with Crippen LogP contribution in [0.15, 0.2) is 22.7 Å². The molecule has 3 nitrogen and oxygen atoms in total. The van der Waals surface area contributed by atoms with Gasteiger partial charge >= 0.3 is 0 Å². The van der Waals surface area contributed by atoms with Gasteiger partial charge in [-0.25, -0.2) is 0 Å². The number of benzene rings is 1. The predicted molar refractivity (Wildman–Crippen MR) is 72.4 cm³/mol. The summed E-state index contributed by atoms with van der Waals surface area (Å²) < 4.78 is 0.704. The van der Waals surface area contributed by atoms with Crippen molar-refractivity contribution >= 4 is 33.4 Å². The summed E-state index contributed by atoms with van der Waals surface area (Å²) >= 11 is 9.27. The minimum atomic E-state index is -0.332. The van der Waals surface area contributed by atoms with Crippen molar-refractivity contribution in [2.45, 2.75) is 25.9 Å². The molecule has 0 aromatic heterocycles. The van der Waals surface area contributed by atoms with Crippen LogP contribution < -0.4 is 5.32 Å². The minimum Gasteiger partial charge on any atom is -0.393 e. The van der Waals surface area contributed by atoms with E-state index in [1.807, 2.05) is 0 Å². The largest absolute Gasteiger partial charge is 0.393 e. The molecule has 0 heterocycles. The van der Waals surface area contributed by atoms with Crippen LogP contribution in [0.4, 0.5) is 0 Å². The van der Waals surface area contributed by atoms with Crippen molar-refractivity contribution in [3.05, 3.63) is 33.3 Å². The van der Waals surface area contributed by atoms with Gasteiger partial charge in [0.1, 0.15) is 0 Å². The summed E-state index contributed by atoms with van der Waals surface area (Å²) in [6, 6.07) is 5.23. The molecule has 5 heteroatoms. The maximum Gasteiger partial charge on any atom is 0.252 e. The van der Waals surface area contributed by atoms with E-state index in [2.05, 4.69) is 21.2 Å². The SMILES string of the molecule is CC(O)CCCNC(=O)c1cccc(Br)c1Cl. The molecule has 1 aromatic carbocycles. The molecule has 1 atom stereocenters. The average molecular weight is 321 g/mol. The molecule has 0 saturated heterocycles. The molecule has 17 heavy (non-hydrogen) atoms. The van der Waals surface area contributed by atoms with Crippen molar-refractivity contribution in [2.24, 2.45) is 0 Å². The van der Waals surface area contributed by atoms with Crippen LogP contribution in [-0.2, 0) is 0 Å². The highest BCUT2D eigenvalue weighted by molar-refractivity contribution is 9.10. The molecule has 2 N–H and O–H groups in total. The highest BCUT2D eigenvalue weighted by Gasteiger charge is 2.11. The second kappa shape index (κ2) is 6.99. The summed E-state index contributed by atoms with van der Waals surface area (Å²) in [5, 5.41) is 12.3. The Kier molecular flexibility index (Phi) is 5.95. The van der Waals surface area contributed by atoms with Crippen LogP contribution in [0.2, 0.25) is 5.02 Å². The minimum absolute atomic E-state index is 0.193. The summed E-state index contributed by atoms with van der Waals surface area (Å²) in [6.45, 7) is 2.26. The first-order valence-corrected chi connectivity index (χ1v) is 6.59. The van der Waals surface area contributed by atoms with Gasteiger partial charge in [-0.2, -0.15) is 0 Å². The Morgan fingerprint density at radius 3 is 2.94 bits per heavy atom. The number of hydrogen-bond acceptors (Lipinski definition) is 2. The molecular weight excluding hydrogens is 305 g/mol. The lowest BCUT2D eigenvalue weighted by molar-refractivity contribution is 0.0949. The summed E-state index contributed by atoms with van der Waals surface area (Å²) in [7, 11) is 0. The third-order valence-corrected chi connectivity index (χ3v) is 3.58. The number of carbonyl (C=O) groups is 1. The van der Waals surface area contributed by atoms with Crippen molar-refractivity contribution in [3.63, 3.8) is 0 Å². The van der Waals surface area contributed by atoms with Gasteiger partial charge < -0.3 is 10.4 Å². The Labute approximate surface area is 114 Å². The molecule has 0 aliphatic rings. The van der Waals surface area contributed by atoms with Crippen molar-refractivity contribution in [2.75, 3.05) is 6.54 Å². The fourth-order valence-corrected chi connectivity index (χ4v) is 1.95. The van der Waals surface area contributed by atoms with E-state index in [0.29, 0.717) is 28.0 Å². The third-order valence-electron chi connectivity index (χ3n) is 2.28. The van der Waals surface area contributed by atoms with Crippen molar-refractivity contribution in [1.29, 1.82) is 0 Å². The van der Waals surface area contributed by atoms with Crippen LogP contribution in [0.25, 0.3) is 0 Å². The fraction of sp³-hybridized carbons (Fsp3) is 0.417. The van der Waals surface area contributed by atoms with Crippen LogP contribution in [0.3, 0.4) is 0 Å². The van der Waals surface area contributed by atoms with Gasteiger partial charge in [-0.3, -0.25) is 4.79 Å². The Hall–Kier alpha value is -0.580. The molecule has 1 rings (SSSR count). The van der Waals surface area contributed by atoms with Gasteiger partial charge in [-0.05, 0) is 47.8 Å².